The van der Waals surface area contributed by atoms with Gasteiger partial charge in [0.2, 0.25) is 0 Å². The lowest BCUT2D eigenvalue weighted by Gasteiger charge is -2.34. The lowest BCUT2D eigenvalue weighted by molar-refractivity contribution is -0.384. The summed E-state index contributed by atoms with van der Waals surface area (Å²) in [6.07, 6.45) is -0.181. The van der Waals surface area contributed by atoms with Crippen LogP contribution >= 0.6 is 0 Å². The molecule has 8 nitrogen and oxygen atoms in total. The van der Waals surface area contributed by atoms with Crippen molar-refractivity contribution in [3.05, 3.63) is 64.2 Å². The molecular weight excluding hydrogens is 360 g/mol. The van der Waals surface area contributed by atoms with Gasteiger partial charge in [-0.1, -0.05) is 30.3 Å². The molecular formula is C20H24N4O4. The Kier molecular flexibility index (Phi) is 6.10. The first-order valence-corrected chi connectivity index (χ1v) is 9.19. The zero-order valence-corrected chi connectivity index (χ0v) is 15.7. The number of hydrogen-bond acceptors (Lipinski definition) is 6. The highest BCUT2D eigenvalue weighted by molar-refractivity contribution is 5.72. The predicted molar refractivity (Wildman–Crippen MR) is 108 cm³/mol. The highest BCUT2D eigenvalue weighted by Gasteiger charge is 2.23. The third kappa shape index (κ3) is 4.77. The van der Waals surface area contributed by atoms with Crippen molar-refractivity contribution in [2.45, 2.75) is 12.5 Å². The van der Waals surface area contributed by atoms with E-state index in [0.717, 1.165) is 37.4 Å². The fraction of sp³-hybridized carbons (Fsp3) is 0.350. The summed E-state index contributed by atoms with van der Waals surface area (Å²) in [5.74, 6) is -0.973. The van der Waals surface area contributed by atoms with Crippen molar-refractivity contribution in [1.29, 1.82) is 0 Å². The fourth-order valence-corrected chi connectivity index (χ4v) is 3.36. The molecule has 8 heteroatoms. The molecule has 3 rings (SSSR count). The van der Waals surface area contributed by atoms with E-state index in [1.165, 1.54) is 6.07 Å². The fourth-order valence-electron chi connectivity index (χ4n) is 3.36. The minimum atomic E-state index is -0.973. The maximum atomic E-state index is 11.5. The summed E-state index contributed by atoms with van der Waals surface area (Å²) in [7, 11) is 2.07. The van der Waals surface area contributed by atoms with Crippen LogP contribution in [-0.4, -0.2) is 54.1 Å². The third-order valence-electron chi connectivity index (χ3n) is 4.96. The average Bonchev–Trinajstić information content (AvgIpc) is 2.68. The van der Waals surface area contributed by atoms with Crippen LogP contribution in [0.3, 0.4) is 0 Å². The van der Waals surface area contributed by atoms with Gasteiger partial charge in [-0.15, -0.1) is 0 Å². The second-order valence-electron chi connectivity index (χ2n) is 6.95. The van der Waals surface area contributed by atoms with Gasteiger partial charge in [0.1, 0.15) is 5.69 Å². The first-order chi connectivity index (χ1) is 13.4. The minimum Gasteiger partial charge on any atom is -0.481 e. The number of carboxylic acids is 1. The molecule has 1 unspecified atom stereocenters. The predicted octanol–water partition coefficient (Wildman–Crippen LogP) is 2.97. The molecule has 0 amide bonds. The average molecular weight is 384 g/mol. The zero-order valence-electron chi connectivity index (χ0n) is 15.7. The number of nitro benzene ring substituents is 1. The summed E-state index contributed by atoms with van der Waals surface area (Å²) in [5, 5.41) is 23.9. The Hall–Kier alpha value is -3.13. The molecule has 2 N–H and O–H groups in total. The Morgan fingerprint density at radius 3 is 2.46 bits per heavy atom. The van der Waals surface area contributed by atoms with Crippen LogP contribution in [0.5, 0.6) is 0 Å². The standard InChI is InChI=1S/C20H24N4O4/c1-22-9-11-23(12-10-22)16-7-8-19(24(27)28)18(13-16)21-17(14-20(25)26)15-5-3-2-4-6-15/h2-8,13,17,21H,9-12,14H2,1H3,(H,25,26). The number of piperazine rings is 1. The lowest BCUT2D eigenvalue weighted by atomic mass is 10.0. The molecule has 2 aromatic rings. The highest BCUT2D eigenvalue weighted by atomic mass is 16.6. The second kappa shape index (κ2) is 8.71. The molecule has 1 atom stereocenters. The number of rotatable bonds is 7. The van der Waals surface area contributed by atoms with Gasteiger partial charge < -0.3 is 20.2 Å². The molecule has 1 fully saturated rings. The number of likely N-dealkylation sites (N-methyl/N-ethyl adjacent to an activating group) is 1. The van der Waals surface area contributed by atoms with Gasteiger partial charge in [-0.3, -0.25) is 14.9 Å². The van der Waals surface area contributed by atoms with Crippen molar-refractivity contribution in [2.75, 3.05) is 43.4 Å². The number of nitro groups is 1. The first kappa shape index (κ1) is 19.6. The molecule has 28 heavy (non-hydrogen) atoms. The Bertz CT molecular complexity index is 835. The van der Waals surface area contributed by atoms with Crippen molar-refractivity contribution in [3.63, 3.8) is 0 Å². The number of aliphatic carboxylic acids is 1. The highest BCUT2D eigenvalue weighted by Crippen LogP contribution is 2.33. The van der Waals surface area contributed by atoms with Gasteiger partial charge in [-0.05, 0) is 24.7 Å². The number of hydrogen-bond donors (Lipinski definition) is 2. The minimum absolute atomic E-state index is 0.0656. The van der Waals surface area contributed by atoms with Crippen LogP contribution in [0, 0.1) is 10.1 Å². The van der Waals surface area contributed by atoms with E-state index in [9.17, 15) is 20.0 Å². The summed E-state index contributed by atoms with van der Waals surface area (Å²) in [5.41, 5.74) is 1.92. The van der Waals surface area contributed by atoms with Crippen LogP contribution in [0.25, 0.3) is 0 Å². The third-order valence-corrected chi connectivity index (χ3v) is 4.96. The van der Waals surface area contributed by atoms with Crippen molar-refractivity contribution < 1.29 is 14.8 Å². The van der Waals surface area contributed by atoms with Crippen LogP contribution in [0.4, 0.5) is 17.1 Å². The Labute approximate surface area is 163 Å². The van der Waals surface area contributed by atoms with E-state index in [4.69, 9.17) is 0 Å². The van der Waals surface area contributed by atoms with Gasteiger partial charge in [0.15, 0.2) is 0 Å². The summed E-state index contributed by atoms with van der Waals surface area (Å²) in [4.78, 5) is 26.8. The molecule has 0 aromatic heterocycles. The van der Waals surface area contributed by atoms with Gasteiger partial charge >= 0.3 is 5.97 Å². The smallest absolute Gasteiger partial charge is 0.305 e. The molecule has 1 aliphatic rings. The summed E-state index contributed by atoms with van der Waals surface area (Å²) < 4.78 is 0. The summed E-state index contributed by atoms with van der Waals surface area (Å²) >= 11 is 0. The Morgan fingerprint density at radius 2 is 1.86 bits per heavy atom. The summed E-state index contributed by atoms with van der Waals surface area (Å²) in [6.45, 7) is 3.52. The van der Waals surface area contributed by atoms with Gasteiger partial charge in [0.25, 0.3) is 5.69 Å². The van der Waals surface area contributed by atoms with E-state index < -0.39 is 16.9 Å². The SMILES string of the molecule is CN1CCN(c2ccc([N+](=O)[O-])c(NC(CC(=O)O)c3ccccc3)c2)CC1. The first-order valence-electron chi connectivity index (χ1n) is 9.19. The van der Waals surface area contributed by atoms with Crippen molar-refractivity contribution in [3.8, 4) is 0 Å². The Morgan fingerprint density at radius 1 is 1.18 bits per heavy atom. The Balaban J connectivity index is 1.91. The van der Waals surface area contributed by atoms with Gasteiger partial charge in [0, 0.05) is 37.9 Å². The number of benzene rings is 2. The molecule has 2 aromatic carbocycles. The van der Waals surface area contributed by atoms with E-state index in [1.807, 2.05) is 30.3 Å². The molecule has 1 heterocycles. The van der Waals surface area contributed by atoms with Crippen LogP contribution < -0.4 is 10.2 Å². The quantitative estimate of drug-likeness (QED) is 0.559. The van der Waals surface area contributed by atoms with E-state index in [1.54, 1.807) is 12.1 Å². The van der Waals surface area contributed by atoms with E-state index in [-0.39, 0.29) is 12.1 Å². The van der Waals surface area contributed by atoms with E-state index >= 15 is 0 Å². The molecule has 0 spiro atoms. The normalized spacial score (nSPS) is 15.8. The lowest BCUT2D eigenvalue weighted by Crippen LogP contribution is -2.44. The van der Waals surface area contributed by atoms with Crippen LogP contribution in [0.15, 0.2) is 48.5 Å². The maximum Gasteiger partial charge on any atom is 0.305 e. The number of nitrogens with zero attached hydrogens (tertiary/aromatic N) is 3. The van der Waals surface area contributed by atoms with Gasteiger partial charge in [-0.25, -0.2) is 0 Å². The molecule has 1 aliphatic heterocycles. The summed E-state index contributed by atoms with van der Waals surface area (Å²) in [6, 6.07) is 13.5. The zero-order chi connectivity index (χ0) is 20.1. The van der Waals surface area contributed by atoms with Crippen molar-refractivity contribution in [1.82, 2.24) is 4.90 Å². The monoisotopic (exact) mass is 384 g/mol. The molecule has 0 saturated carbocycles. The molecule has 0 bridgehead atoms. The van der Waals surface area contributed by atoms with Gasteiger partial charge in [0.05, 0.1) is 17.4 Å². The van der Waals surface area contributed by atoms with Gasteiger partial charge in [-0.2, -0.15) is 0 Å². The van der Waals surface area contributed by atoms with Crippen LogP contribution in [-0.2, 0) is 4.79 Å². The molecule has 148 valence electrons. The maximum absolute atomic E-state index is 11.5. The van der Waals surface area contributed by atoms with E-state index in [0.29, 0.717) is 5.69 Å². The molecule has 0 radical (unpaired) electrons. The van der Waals surface area contributed by atoms with E-state index in [2.05, 4.69) is 22.2 Å². The number of nitrogens with one attached hydrogen (secondary N) is 1. The van der Waals surface area contributed by atoms with Crippen molar-refractivity contribution >= 4 is 23.0 Å². The topological polar surface area (TPSA) is 99.0 Å². The van der Waals surface area contributed by atoms with Crippen molar-refractivity contribution in [2.24, 2.45) is 0 Å². The number of anilines is 2. The molecule has 1 saturated heterocycles. The largest absolute Gasteiger partial charge is 0.481 e. The number of carboxylic acid groups (broad SMARTS) is 1. The molecule has 0 aliphatic carbocycles. The second-order valence-corrected chi connectivity index (χ2v) is 6.95. The van der Waals surface area contributed by atoms with Crippen LogP contribution in [0.1, 0.15) is 18.0 Å². The van der Waals surface area contributed by atoms with Crippen LogP contribution in [0.2, 0.25) is 0 Å². The number of carbonyl (C=O) groups is 1.